The molecule has 0 radical (unpaired) electrons. The molecule has 7 heteroatoms. The van der Waals surface area contributed by atoms with Crippen molar-refractivity contribution in [2.75, 3.05) is 6.54 Å². The minimum Gasteiger partial charge on any atom is -0.344 e. The highest BCUT2D eigenvalue weighted by Gasteiger charge is 2.06. The predicted octanol–water partition coefficient (Wildman–Crippen LogP) is -1.06. The summed E-state index contributed by atoms with van der Waals surface area (Å²) in [5, 5.41) is 2.21. The second-order valence-electron chi connectivity index (χ2n) is 2.85. The van der Waals surface area contributed by atoms with Gasteiger partial charge in [0.2, 0.25) is 5.91 Å². The first-order chi connectivity index (χ1) is 7.54. The molecule has 0 bridgehead atoms. The number of H-pyrrole nitrogens is 1. The van der Waals surface area contributed by atoms with Crippen LogP contribution in [0.3, 0.4) is 0 Å². The number of aromatic nitrogens is 2. The molecule has 0 atom stereocenters. The van der Waals surface area contributed by atoms with Crippen molar-refractivity contribution in [1.82, 2.24) is 14.9 Å². The van der Waals surface area contributed by atoms with Gasteiger partial charge in [-0.2, -0.15) is 0 Å². The fourth-order valence-electron chi connectivity index (χ4n) is 0.960. The zero-order valence-electron chi connectivity index (χ0n) is 8.12. The number of halogens is 1. The smallest absolute Gasteiger partial charge is 0.328 e. The molecule has 0 aliphatic carbocycles. The average molecular weight is 242 g/mol. The van der Waals surface area contributed by atoms with Crippen molar-refractivity contribution in [3.05, 3.63) is 32.1 Å². The highest BCUT2D eigenvalue weighted by molar-refractivity contribution is 6.30. The van der Waals surface area contributed by atoms with Crippen LogP contribution in [0.5, 0.6) is 0 Å². The molecule has 1 heterocycles. The van der Waals surface area contributed by atoms with E-state index in [4.69, 9.17) is 18.0 Å². The monoisotopic (exact) mass is 241 g/mol. The van der Waals surface area contributed by atoms with E-state index in [0.717, 1.165) is 10.8 Å². The van der Waals surface area contributed by atoms with Gasteiger partial charge < -0.3 is 5.32 Å². The molecule has 0 saturated carbocycles. The third-order valence-electron chi connectivity index (χ3n) is 1.67. The summed E-state index contributed by atoms with van der Waals surface area (Å²) in [5.41, 5.74) is -1.39. The Labute approximate surface area is 95.2 Å². The SMILES string of the molecule is C#CCNC(=O)Cn1cc(Cl)c(=O)[nH]c1=O. The van der Waals surface area contributed by atoms with Crippen LogP contribution in [0.15, 0.2) is 15.8 Å². The number of hydrogen-bond donors (Lipinski definition) is 2. The normalized spacial score (nSPS) is 9.50. The van der Waals surface area contributed by atoms with E-state index in [2.05, 4.69) is 11.2 Å². The van der Waals surface area contributed by atoms with Crippen molar-refractivity contribution in [1.29, 1.82) is 0 Å². The van der Waals surface area contributed by atoms with Gasteiger partial charge in [0, 0.05) is 6.20 Å². The van der Waals surface area contributed by atoms with Crippen molar-refractivity contribution < 1.29 is 4.79 Å². The Kier molecular flexibility index (Phi) is 3.91. The van der Waals surface area contributed by atoms with Crippen molar-refractivity contribution in [2.45, 2.75) is 6.54 Å². The maximum atomic E-state index is 11.2. The highest BCUT2D eigenvalue weighted by atomic mass is 35.5. The topological polar surface area (TPSA) is 84.0 Å². The van der Waals surface area contributed by atoms with Crippen LogP contribution in [0.4, 0.5) is 0 Å². The van der Waals surface area contributed by atoms with E-state index in [0.29, 0.717) is 0 Å². The summed E-state index contributed by atoms with van der Waals surface area (Å²) >= 11 is 5.51. The van der Waals surface area contributed by atoms with Crippen LogP contribution in [0.1, 0.15) is 0 Å². The van der Waals surface area contributed by atoms with Gasteiger partial charge in [0.15, 0.2) is 0 Å². The number of nitrogens with zero attached hydrogens (tertiary/aromatic N) is 1. The van der Waals surface area contributed by atoms with E-state index >= 15 is 0 Å². The molecule has 1 rings (SSSR count). The fraction of sp³-hybridized carbons (Fsp3) is 0.222. The lowest BCUT2D eigenvalue weighted by Crippen LogP contribution is -2.36. The van der Waals surface area contributed by atoms with Gasteiger partial charge >= 0.3 is 5.69 Å². The van der Waals surface area contributed by atoms with Crippen molar-refractivity contribution in [2.24, 2.45) is 0 Å². The first-order valence-corrected chi connectivity index (χ1v) is 4.62. The summed E-state index contributed by atoms with van der Waals surface area (Å²) in [5.74, 6) is 1.77. The molecule has 1 aromatic heterocycles. The highest BCUT2D eigenvalue weighted by Crippen LogP contribution is 1.95. The van der Waals surface area contributed by atoms with E-state index < -0.39 is 17.2 Å². The van der Waals surface area contributed by atoms with Crippen LogP contribution in [-0.2, 0) is 11.3 Å². The molecule has 1 amide bonds. The Morgan fingerprint density at radius 3 is 2.94 bits per heavy atom. The van der Waals surface area contributed by atoms with Gasteiger partial charge in [0.1, 0.15) is 11.6 Å². The lowest BCUT2D eigenvalue weighted by atomic mass is 10.5. The van der Waals surface area contributed by atoms with Gasteiger partial charge in [-0.05, 0) is 0 Å². The molecule has 0 aromatic carbocycles. The summed E-state index contributed by atoms with van der Waals surface area (Å²) in [6.07, 6.45) is 6.04. The number of carbonyl (C=O) groups excluding carboxylic acids is 1. The van der Waals surface area contributed by atoms with E-state index in [-0.39, 0.29) is 18.1 Å². The van der Waals surface area contributed by atoms with Crippen LogP contribution >= 0.6 is 11.6 Å². The lowest BCUT2D eigenvalue weighted by Gasteiger charge is -2.04. The van der Waals surface area contributed by atoms with Gasteiger partial charge in [0.25, 0.3) is 5.56 Å². The molecule has 0 saturated heterocycles. The summed E-state index contributed by atoms with van der Waals surface area (Å²) in [6, 6.07) is 0. The average Bonchev–Trinajstić information content (AvgIpc) is 2.23. The third kappa shape index (κ3) is 3.00. The first kappa shape index (κ1) is 12.1. The Morgan fingerprint density at radius 1 is 1.62 bits per heavy atom. The lowest BCUT2D eigenvalue weighted by molar-refractivity contribution is -0.121. The number of rotatable bonds is 3. The first-order valence-electron chi connectivity index (χ1n) is 4.24. The Bertz CT molecular complexity index is 552. The van der Waals surface area contributed by atoms with Crippen LogP contribution < -0.4 is 16.6 Å². The molecule has 6 nitrogen and oxygen atoms in total. The standard InChI is InChI=1S/C9H8ClN3O3/c1-2-3-11-7(14)5-13-4-6(10)8(15)12-9(13)16/h1,4H,3,5H2,(H,11,14)(H,12,15,16). The van der Waals surface area contributed by atoms with Gasteiger partial charge in [-0.25, -0.2) is 4.79 Å². The number of nitrogens with one attached hydrogen (secondary N) is 2. The summed E-state index contributed by atoms with van der Waals surface area (Å²) < 4.78 is 0.982. The number of terminal acetylenes is 1. The maximum absolute atomic E-state index is 11.2. The molecule has 16 heavy (non-hydrogen) atoms. The second kappa shape index (κ2) is 5.19. The molecule has 84 valence electrons. The van der Waals surface area contributed by atoms with E-state index in [1.54, 1.807) is 0 Å². The summed E-state index contributed by atoms with van der Waals surface area (Å²) in [7, 11) is 0. The van der Waals surface area contributed by atoms with Crippen LogP contribution in [-0.4, -0.2) is 22.0 Å². The van der Waals surface area contributed by atoms with E-state index in [1.807, 2.05) is 4.98 Å². The summed E-state index contributed by atoms with van der Waals surface area (Å²) in [4.78, 5) is 35.3. The fourth-order valence-corrected chi connectivity index (χ4v) is 1.13. The second-order valence-corrected chi connectivity index (χ2v) is 3.25. The van der Waals surface area contributed by atoms with Gasteiger partial charge in [-0.3, -0.25) is 19.1 Å². The molecule has 0 spiro atoms. The zero-order chi connectivity index (χ0) is 12.1. The largest absolute Gasteiger partial charge is 0.344 e. The van der Waals surface area contributed by atoms with E-state index in [1.165, 1.54) is 0 Å². The van der Waals surface area contributed by atoms with Crippen LogP contribution in [0.2, 0.25) is 5.02 Å². The number of aromatic amines is 1. The number of hydrogen-bond acceptors (Lipinski definition) is 3. The van der Waals surface area contributed by atoms with E-state index in [9.17, 15) is 14.4 Å². The van der Waals surface area contributed by atoms with Crippen LogP contribution in [0.25, 0.3) is 0 Å². The molecule has 0 aliphatic rings. The molecule has 0 fully saturated rings. The minimum atomic E-state index is -0.703. The molecular formula is C9H8ClN3O3. The number of carbonyl (C=O) groups is 1. The third-order valence-corrected chi connectivity index (χ3v) is 1.94. The molecular weight excluding hydrogens is 234 g/mol. The molecule has 0 unspecified atom stereocenters. The van der Waals surface area contributed by atoms with Crippen molar-refractivity contribution in [3.8, 4) is 12.3 Å². The Hall–Kier alpha value is -2.00. The predicted molar refractivity (Wildman–Crippen MR) is 58.2 cm³/mol. The Balaban J connectivity index is 2.87. The van der Waals surface area contributed by atoms with Crippen LogP contribution in [0, 0.1) is 12.3 Å². The maximum Gasteiger partial charge on any atom is 0.328 e. The number of amides is 1. The minimum absolute atomic E-state index is 0.0741. The molecule has 0 aliphatic heterocycles. The van der Waals surface area contributed by atoms with Crippen molar-refractivity contribution in [3.63, 3.8) is 0 Å². The Morgan fingerprint density at radius 2 is 2.31 bits per heavy atom. The van der Waals surface area contributed by atoms with Gasteiger partial charge in [-0.1, -0.05) is 17.5 Å². The summed E-state index contributed by atoms with van der Waals surface area (Å²) in [6.45, 7) is -0.179. The van der Waals surface area contributed by atoms with Gasteiger partial charge in [0.05, 0.1) is 6.54 Å². The van der Waals surface area contributed by atoms with Gasteiger partial charge in [-0.15, -0.1) is 6.42 Å². The quantitative estimate of drug-likeness (QED) is 0.662. The van der Waals surface area contributed by atoms with Crippen molar-refractivity contribution >= 4 is 17.5 Å². The molecule has 1 aromatic rings. The molecule has 2 N–H and O–H groups in total. The zero-order valence-corrected chi connectivity index (χ0v) is 8.87.